The van der Waals surface area contributed by atoms with Gasteiger partial charge in [-0.25, -0.2) is 4.79 Å². The van der Waals surface area contributed by atoms with E-state index in [1.807, 2.05) is 0 Å². The van der Waals surface area contributed by atoms with Gasteiger partial charge in [0.1, 0.15) is 0 Å². The number of carbonyl (C=O) groups is 1. The Morgan fingerprint density at radius 2 is 1.50 bits per heavy atom. The summed E-state index contributed by atoms with van der Waals surface area (Å²) in [5.41, 5.74) is 9.34. The first-order chi connectivity index (χ1) is 17.4. The van der Waals surface area contributed by atoms with Crippen molar-refractivity contribution in [1.29, 1.82) is 0 Å². The number of rotatable bonds is 13. The molecule has 1 N–H and O–H groups in total. The van der Waals surface area contributed by atoms with E-state index in [4.69, 9.17) is 4.74 Å². The maximum absolute atomic E-state index is 11.7. The lowest BCUT2D eigenvalue weighted by atomic mass is 9.89. The fourth-order valence-corrected chi connectivity index (χ4v) is 4.65. The second kappa shape index (κ2) is 13.8. The molecule has 3 nitrogen and oxygen atoms in total. The van der Waals surface area contributed by atoms with E-state index in [-0.39, 0.29) is 18.5 Å². The first kappa shape index (κ1) is 27.4. The zero-order chi connectivity index (χ0) is 25.9. The van der Waals surface area contributed by atoms with Crippen LogP contribution in [-0.4, -0.2) is 24.3 Å². The molecule has 0 amide bonds. The van der Waals surface area contributed by atoms with Gasteiger partial charge in [-0.15, -0.1) is 0 Å². The van der Waals surface area contributed by atoms with Gasteiger partial charge in [-0.1, -0.05) is 93.6 Å². The molecule has 3 heteroatoms. The number of aryl methyl sites for hydroxylation is 2. The quantitative estimate of drug-likeness (QED) is 0.201. The number of hydrogen-bond acceptors (Lipinski definition) is 3. The van der Waals surface area contributed by atoms with Crippen LogP contribution in [0.15, 0.2) is 78.9 Å². The molecule has 0 spiro atoms. The zero-order valence-corrected chi connectivity index (χ0v) is 22.1. The highest BCUT2D eigenvalue weighted by molar-refractivity contribution is 5.86. The number of aliphatic hydroxyl groups is 1. The van der Waals surface area contributed by atoms with Gasteiger partial charge in [-0.05, 0) is 83.9 Å². The van der Waals surface area contributed by atoms with Gasteiger partial charge >= 0.3 is 5.97 Å². The molecule has 0 aliphatic heterocycles. The fourth-order valence-electron chi connectivity index (χ4n) is 4.65. The molecule has 190 valence electrons. The summed E-state index contributed by atoms with van der Waals surface area (Å²) in [5, 5.41) is 9.53. The maximum Gasteiger partial charge on any atom is 0.333 e. The van der Waals surface area contributed by atoms with E-state index >= 15 is 0 Å². The second-order valence-electron chi connectivity index (χ2n) is 9.66. The van der Waals surface area contributed by atoms with Crippen LogP contribution in [0.2, 0.25) is 0 Å². The van der Waals surface area contributed by atoms with Crippen LogP contribution in [0.4, 0.5) is 0 Å². The lowest BCUT2D eigenvalue weighted by molar-refractivity contribution is -0.139. The van der Waals surface area contributed by atoms with Crippen molar-refractivity contribution in [3.63, 3.8) is 0 Å². The van der Waals surface area contributed by atoms with E-state index < -0.39 is 0 Å². The van der Waals surface area contributed by atoms with Crippen LogP contribution in [0.25, 0.3) is 22.3 Å². The summed E-state index contributed by atoms with van der Waals surface area (Å²) in [7, 11) is 0. The van der Waals surface area contributed by atoms with Crippen LogP contribution < -0.4 is 0 Å². The van der Waals surface area contributed by atoms with Crippen molar-refractivity contribution in [2.75, 3.05) is 13.2 Å². The summed E-state index contributed by atoms with van der Waals surface area (Å²) in [6, 6.07) is 24.5. The number of carbonyl (C=O) groups excluding carboxylic acids is 1. The van der Waals surface area contributed by atoms with Crippen LogP contribution in [-0.2, 0) is 28.8 Å². The summed E-state index contributed by atoms with van der Waals surface area (Å²) in [6.45, 7) is 10.2. The number of esters is 1. The highest BCUT2D eigenvalue weighted by atomic mass is 16.5. The Labute approximate surface area is 216 Å². The van der Waals surface area contributed by atoms with E-state index in [0.717, 1.165) is 25.7 Å². The third-order valence-corrected chi connectivity index (χ3v) is 6.74. The predicted octanol–water partition coefficient (Wildman–Crippen LogP) is 7.59. The highest BCUT2D eigenvalue weighted by Gasteiger charge is 2.13. The standard InChI is InChI=1S/C33H40O3/c1-5-7-25-8-11-29(12-9-25)30-13-15-31(16-14-30)32-17-10-27(23-28(32)6-2)22-26(18-20-34)19-21-36-33(35)24(3)4/h8-17,23,26,34H,3,5-7,18-22H2,1-2,4H3. The van der Waals surface area contributed by atoms with Gasteiger partial charge in [0.05, 0.1) is 6.61 Å². The van der Waals surface area contributed by atoms with Gasteiger partial charge in [-0.2, -0.15) is 0 Å². The molecule has 0 heterocycles. The smallest absolute Gasteiger partial charge is 0.333 e. The average Bonchev–Trinajstić information content (AvgIpc) is 2.89. The molecule has 1 atom stereocenters. The van der Waals surface area contributed by atoms with Crippen molar-refractivity contribution in [2.24, 2.45) is 5.92 Å². The molecule has 0 aliphatic rings. The Kier molecular flexibility index (Phi) is 10.5. The molecule has 0 bridgehead atoms. The molecular weight excluding hydrogens is 444 g/mol. The Bertz CT molecular complexity index is 1130. The van der Waals surface area contributed by atoms with Gasteiger partial charge in [0.2, 0.25) is 0 Å². The largest absolute Gasteiger partial charge is 0.462 e. The molecule has 0 radical (unpaired) electrons. The first-order valence-electron chi connectivity index (χ1n) is 13.2. The molecule has 0 saturated heterocycles. The van der Waals surface area contributed by atoms with Crippen molar-refractivity contribution in [1.82, 2.24) is 0 Å². The molecular formula is C33H40O3. The van der Waals surface area contributed by atoms with Gasteiger partial charge in [0.15, 0.2) is 0 Å². The van der Waals surface area contributed by atoms with Gasteiger partial charge in [0.25, 0.3) is 0 Å². The Morgan fingerprint density at radius 1 is 0.889 bits per heavy atom. The number of hydrogen-bond donors (Lipinski definition) is 1. The van der Waals surface area contributed by atoms with Crippen molar-refractivity contribution >= 4 is 5.97 Å². The molecule has 3 aromatic rings. The SMILES string of the molecule is C=C(C)C(=O)OCCC(CCO)Cc1ccc(-c2ccc(-c3ccc(CCC)cc3)cc2)c(CC)c1. The number of benzene rings is 3. The molecule has 3 aromatic carbocycles. The lowest BCUT2D eigenvalue weighted by Crippen LogP contribution is -2.13. The number of ether oxygens (including phenoxy) is 1. The van der Waals surface area contributed by atoms with E-state index in [1.165, 1.54) is 45.4 Å². The minimum absolute atomic E-state index is 0.130. The van der Waals surface area contributed by atoms with Crippen molar-refractivity contribution in [3.8, 4) is 22.3 Å². The minimum Gasteiger partial charge on any atom is -0.462 e. The van der Waals surface area contributed by atoms with Crippen molar-refractivity contribution < 1.29 is 14.6 Å². The van der Waals surface area contributed by atoms with Gasteiger partial charge in [0, 0.05) is 12.2 Å². The van der Waals surface area contributed by atoms with Crippen LogP contribution in [0.5, 0.6) is 0 Å². The van der Waals surface area contributed by atoms with Crippen LogP contribution in [0, 0.1) is 5.92 Å². The summed E-state index contributed by atoms with van der Waals surface area (Å²) < 4.78 is 5.28. The molecule has 0 aromatic heterocycles. The normalized spacial score (nSPS) is 11.8. The second-order valence-corrected chi connectivity index (χ2v) is 9.66. The molecule has 1 unspecified atom stereocenters. The topological polar surface area (TPSA) is 46.5 Å². The van der Waals surface area contributed by atoms with E-state index in [0.29, 0.717) is 18.6 Å². The molecule has 3 rings (SSSR count). The fraction of sp³-hybridized carbons (Fsp3) is 0.364. The zero-order valence-electron chi connectivity index (χ0n) is 22.1. The van der Waals surface area contributed by atoms with E-state index in [1.54, 1.807) is 6.92 Å². The van der Waals surface area contributed by atoms with E-state index in [2.05, 4.69) is 87.2 Å². The third-order valence-electron chi connectivity index (χ3n) is 6.74. The van der Waals surface area contributed by atoms with Crippen molar-refractivity contribution in [3.05, 3.63) is 95.6 Å². The maximum atomic E-state index is 11.7. The average molecular weight is 485 g/mol. The predicted molar refractivity (Wildman–Crippen MR) is 150 cm³/mol. The van der Waals surface area contributed by atoms with Crippen LogP contribution in [0.3, 0.4) is 0 Å². The summed E-state index contributed by atoms with van der Waals surface area (Å²) in [6.07, 6.45) is 5.51. The van der Waals surface area contributed by atoms with Gasteiger partial charge in [-0.3, -0.25) is 0 Å². The van der Waals surface area contributed by atoms with Crippen LogP contribution in [0.1, 0.15) is 56.7 Å². The third kappa shape index (κ3) is 7.66. The molecule has 0 fully saturated rings. The first-order valence-corrected chi connectivity index (χ1v) is 13.2. The summed E-state index contributed by atoms with van der Waals surface area (Å²) in [5.74, 6) is -0.0960. The van der Waals surface area contributed by atoms with Crippen LogP contribution >= 0.6 is 0 Å². The number of aliphatic hydroxyl groups excluding tert-OH is 1. The Hall–Kier alpha value is -3.17. The van der Waals surface area contributed by atoms with Gasteiger partial charge < -0.3 is 9.84 Å². The Morgan fingerprint density at radius 3 is 2.08 bits per heavy atom. The van der Waals surface area contributed by atoms with E-state index in [9.17, 15) is 9.90 Å². The molecule has 0 aliphatic carbocycles. The Balaban J connectivity index is 1.70. The molecule has 0 saturated carbocycles. The highest BCUT2D eigenvalue weighted by Crippen LogP contribution is 2.30. The monoisotopic (exact) mass is 484 g/mol. The summed E-state index contributed by atoms with van der Waals surface area (Å²) >= 11 is 0. The van der Waals surface area contributed by atoms with Crippen molar-refractivity contribution in [2.45, 2.75) is 59.3 Å². The minimum atomic E-state index is -0.352. The molecule has 36 heavy (non-hydrogen) atoms. The summed E-state index contributed by atoms with van der Waals surface area (Å²) in [4.78, 5) is 11.7. The lowest BCUT2D eigenvalue weighted by Gasteiger charge is -2.18.